The van der Waals surface area contributed by atoms with Crippen molar-refractivity contribution in [3.05, 3.63) is 0 Å². The molecule has 1 amide bonds. The van der Waals surface area contributed by atoms with Gasteiger partial charge in [0.05, 0.1) is 0 Å². The maximum absolute atomic E-state index is 11.7. The summed E-state index contributed by atoms with van der Waals surface area (Å²) in [5.41, 5.74) is 0. The lowest BCUT2D eigenvalue weighted by molar-refractivity contribution is -0.130. The van der Waals surface area contributed by atoms with Gasteiger partial charge >= 0.3 is 0 Å². The van der Waals surface area contributed by atoms with Crippen molar-refractivity contribution in [2.45, 2.75) is 25.5 Å². The van der Waals surface area contributed by atoms with Gasteiger partial charge in [-0.25, -0.2) is 8.42 Å². The Labute approximate surface area is 96.5 Å². The Morgan fingerprint density at radius 3 is 2.33 bits per heavy atom. The predicted molar refractivity (Wildman–Crippen MR) is 61.9 cm³/mol. The summed E-state index contributed by atoms with van der Waals surface area (Å²) in [5, 5.41) is -0.965. The van der Waals surface area contributed by atoms with E-state index in [1.54, 1.807) is 0 Å². The van der Waals surface area contributed by atoms with Crippen molar-refractivity contribution in [2.75, 3.05) is 25.2 Å². The Morgan fingerprint density at radius 1 is 1.47 bits per heavy atom. The van der Waals surface area contributed by atoms with Crippen molar-refractivity contribution < 1.29 is 13.2 Å². The van der Waals surface area contributed by atoms with Gasteiger partial charge in [-0.05, 0) is 20.3 Å². The molecule has 0 bridgehead atoms. The maximum atomic E-state index is 11.7. The standard InChI is InChI=1S/C9H18ClNO3S/c1-4-11(7-5-6-10)9(12)8(2)15(3,13)14/h8H,4-7H2,1-3H3. The maximum Gasteiger partial charge on any atom is 0.240 e. The molecule has 1 unspecified atom stereocenters. The summed E-state index contributed by atoms with van der Waals surface area (Å²) in [6.45, 7) is 4.26. The van der Waals surface area contributed by atoms with Crippen LogP contribution in [0, 0.1) is 0 Å². The van der Waals surface area contributed by atoms with E-state index < -0.39 is 15.1 Å². The van der Waals surface area contributed by atoms with Gasteiger partial charge in [0.25, 0.3) is 0 Å². The smallest absolute Gasteiger partial charge is 0.240 e. The molecule has 4 nitrogen and oxygen atoms in total. The number of alkyl halides is 1. The molecule has 90 valence electrons. The molecule has 0 aliphatic heterocycles. The Morgan fingerprint density at radius 2 is 2.00 bits per heavy atom. The molecule has 0 rings (SSSR count). The van der Waals surface area contributed by atoms with Gasteiger partial charge in [-0.1, -0.05) is 0 Å². The molecule has 0 aliphatic rings. The summed E-state index contributed by atoms with van der Waals surface area (Å²) in [6.07, 6.45) is 1.75. The molecule has 0 saturated heterocycles. The number of sulfone groups is 1. The summed E-state index contributed by atoms with van der Waals surface area (Å²) in [7, 11) is -3.31. The molecule has 0 fully saturated rings. The molecule has 0 aromatic heterocycles. The van der Waals surface area contributed by atoms with Crippen LogP contribution in [-0.4, -0.2) is 49.7 Å². The fourth-order valence-electron chi connectivity index (χ4n) is 1.12. The Hall–Kier alpha value is -0.290. The van der Waals surface area contributed by atoms with Crippen molar-refractivity contribution in [3.63, 3.8) is 0 Å². The number of halogens is 1. The average Bonchev–Trinajstić information content (AvgIpc) is 2.16. The predicted octanol–water partition coefficient (Wildman–Crippen LogP) is 0.897. The van der Waals surface area contributed by atoms with E-state index in [2.05, 4.69) is 0 Å². The normalized spacial score (nSPS) is 13.6. The fourth-order valence-corrected chi connectivity index (χ4v) is 1.75. The lowest BCUT2D eigenvalue weighted by Crippen LogP contribution is -2.41. The van der Waals surface area contributed by atoms with Gasteiger partial charge in [0.1, 0.15) is 5.25 Å². The zero-order valence-corrected chi connectivity index (χ0v) is 10.9. The van der Waals surface area contributed by atoms with Crippen LogP contribution in [0.2, 0.25) is 0 Å². The number of hydrogen-bond donors (Lipinski definition) is 0. The molecule has 1 atom stereocenters. The minimum Gasteiger partial charge on any atom is -0.342 e. The lowest BCUT2D eigenvalue weighted by atomic mass is 10.3. The largest absolute Gasteiger partial charge is 0.342 e. The summed E-state index contributed by atoms with van der Waals surface area (Å²) >= 11 is 5.52. The summed E-state index contributed by atoms with van der Waals surface area (Å²) in [4.78, 5) is 13.3. The lowest BCUT2D eigenvalue weighted by Gasteiger charge is -2.23. The Kier molecular flexibility index (Phi) is 6.20. The van der Waals surface area contributed by atoms with E-state index in [9.17, 15) is 13.2 Å². The first-order chi connectivity index (χ1) is 6.84. The highest BCUT2D eigenvalue weighted by molar-refractivity contribution is 7.92. The fraction of sp³-hybridized carbons (Fsp3) is 0.889. The van der Waals surface area contributed by atoms with Crippen LogP contribution in [0.4, 0.5) is 0 Å². The van der Waals surface area contributed by atoms with Gasteiger partial charge in [-0.2, -0.15) is 0 Å². The highest BCUT2D eigenvalue weighted by Crippen LogP contribution is 2.05. The van der Waals surface area contributed by atoms with Crippen molar-refractivity contribution in [3.8, 4) is 0 Å². The third kappa shape index (κ3) is 4.84. The van der Waals surface area contributed by atoms with Gasteiger partial charge in [0.15, 0.2) is 9.84 Å². The minimum absolute atomic E-state index is 0.342. The van der Waals surface area contributed by atoms with E-state index in [1.807, 2.05) is 6.92 Å². The Bertz CT molecular complexity index is 302. The van der Waals surface area contributed by atoms with E-state index in [4.69, 9.17) is 11.6 Å². The van der Waals surface area contributed by atoms with Crippen LogP contribution in [0.25, 0.3) is 0 Å². The molecule has 0 aromatic rings. The van der Waals surface area contributed by atoms with Crippen molar-refractivity contribution in [2.24, 2.45) is 0 Å². The van der Waals surface area contributed by atoms with Gasteiger partial charge in [0.2, 0.25) is 5.91 Å². The van der Waals surface area contributed by atoms with Crippen molar-refractivity contribution in [1.82, 2.24) is 4.90 Å². The first-order valence-corrected chi connectivity index (χ1v) is 7.37. The molecule has 0 heterocycles. The van der Waals surface area contributed by atoms with E-state index in [0.29, 0.717) is 25.4 Å². The van der Waals surface area contributed by atoms with Crippen LogP contribution < -0.4 is 0 Å². The summed E-state index contributed by atoms with van der Waals surface area (Å²) in [5.74, 6) is 0.127. The van der Waals surface area contributed by atoms with Gasteiger partial charge in [-0.3, -0.25) is 4.79 Å². The minimum atomic E-state index is -3.31. The Balaban J connectivity index is 4.52. The first kappa shape index (κ1) is 14.7. The summed E-state index contributed by atoms with van der Waals surface area (Å²) in [6, 6.07) is 0. The van der Waals surface area contributed by atoms with Crippen molar-refractivity contribution >= 4 is 27.3 Å². The average molecular weight is 256 g/mol. The van der Waals surface area contributed by atoms with Crippen LogP contribution in [0.5, 0.6) is 0 Å². The quantitative estimate of drug-likeness (QED) is 0.663. The monoisotopic (exact) mass is 255 g/mol. The second kappa shape index (κ2) is 6.33. The van der Waals surface area contributed by atoms with Crippen molar-refractivity contribution in [1.29, 1.82) is 0 Å². The molecule has 0 aliphatic carbocycles. The number of nitrogens with zero attached hydrogens (tertiary/aromatic N) is 1. The number of rotatable bonds is 6. The number of carbonyl (C=O) groups is 1. The SMILES string of the molecule is CCN(CCCCl)C(=O)C(C)S(C)(=O)=O. The molecular weight excluding hydrogens is 238 g/mol. The van der Waals surface area contributed by atoms with Crippen LogP contribution in [0.3, 0.4) is 0 Å². The van der Waals surface area contributed by atoms with E-state index in [-0.39, 0.29) is 5.91 Å². The molecule has 0 radical (unpaired) electrons. The van der Waals surface area contributed by atoms with Crippen LogP contribution in [0.15, 0.2) is 0 Å². The number of carbonyl (C=O) groups excluding carboxylic acids is 1. The molecule has 0 saturated carbocycles. The van der Waals surface area contributed by atoms with Gasteiger partial charge < -0.3 is 4.90 Å². The highest BCUT2D eigenvalue weighted by Gasteiger charge is 2.27. The summed E-state index contributed by atoms with van der Waals surface area (Å²) < 4.78 is 22.4. The zero-order chi connectivity index (χ0) is 12.1. The topological polar surface area (TPSA) is 54.5 Å². The van der Waals surface area contributed by atoms with E-state index in [0.717, 1.165) is 6.26 Å². The zero-order valence-electron chi connectivity index (χ0n) is 9.36. The molecule has 15 heavy (non-hydrogen) atoms. The molecule has 0 spiro atoms. The second-order valence-electron chi connectivity index (χ2n) is 3.43. The van der Waals surface area contributed by atoms with Gasteiger partial charge in [-0.15, -0.1) is 11.6 Å². The van der Waals surface area contributed by atoms with E-state index in [1.165, 1.54) is 11.8 Å². The number of hydrogen-bond acceptors (Lipinski definition) is 3. The second-order valence-corrected chi connectivity index (χ2v) is 6.18. The molecular formula is C9H18ClNO3S. The van der Waals surface area contributed by atoms with Gasteiger partial charge in [0, 0.05) is 25.2 Å². The number of amides is 1. The van der Waals surface area contributed by atoms with E-state index >= 15 is 0 Å². The highest BCUT2D eigenvalue weighted by atomic mass is 35.5. The molecule has 6 heteroatoms. The molecule has 0 aromatic carbocycles. The molecule has 0 N–H and O–H groups in total. The third-order valence-corrected chi connectivity index (χ3v) is 4.00. The first-order valence-electron chi connectivity index (χ1n) is 4.88. The van der Waals surface area contributed by atoms with Crippen LogP contribution in [-0.2, 0) is 14.6 Å². The third-order valence-electron chi connectivity index (χ3n) is 2.25. The van der Waals surface area contributed by atoms with Crippen LogP contribution >= 0.6 is 11.6 Å². The van der Waals surface area contributed by atoms with Crippen LogP contribution in [0.1, 0.15) is 20.3 Å².